The van der Waals surface area contributed by atoms with Gasteiger partial charge in [-0.3, -0.25) is 9.59 Å². The Hall–Kier alpha value is -3.80. The van der Waals surface area contributed by atoms with Crippen molar-refractivity contribution < 1.29 is 19.1 Å². The van der Waals surface area contributed by atoms with Gasteiger partial charge >= 0.3 is 0 Å². The lowest BCUT2D eigenvalue weighted by Gasteiger charge is -2.11. The zero-order valence-electron chi connectivity index (χ0n) is 17.7. The molecule has 6 nitrogen and oxygen atoms in total. The molecule has 3 aromatic rings. The van der Waals surface area contributed by atoms with Crippen LogP contribution in [0.4, 0.5) is 5.69 Å². The molecule has 0 saturated heterocycles. The second kappa shape index (κ2) is 10.8. The third-order valence-corrected chi connectivity index (χ3v) is 4.55. The van der Waals surface area contributed by atoms with E-state index >= 15 is 0 Å². The number of rotatable bonds is 9. The molecule has 0 bridgehead atoms. The number of hydrogen-bond acceptors (Lipinski definition) is 4. The van der Waals surface area contributed by atoms with E-state index in [1.165, 1.54) is 0 Å². The van der Waals surface area contributed by atoms with E-state index in [4.69, 9.17) is 9.47 Å². The summed E-state index contributed by atoms with van der Waals surface area (Å²) in [7, 11) is 3.46. The molecule has 1 N–H and O–H groups in total. The molecule has 0 radical (unpaired) electrons. The molecule has 0 aromatic heterocycles. The number of para-hydroxylation sites is 1. The summed E-state index contributed by atoms with van der Waals surface area (Å²) in [6, 6.07) is 23.8. The summed E-state index contributed by atoms with van der Waals surface area (Å²) >= 11 is 0. The molecule has 6 heteroatoms. The molecular formula is C25H26N2O4. The maximum absolute atomic E-state index is 12.5. The molecule has 0 aliphatic carbocycles. The molecule has 31 heavy (non-hydrogen) atoms. The van der Waals surface area contributed by atoms with E-state index < -0.39 is 0 Å². The number of anilines is 1. The fraction of sp³-hybridized carbons (Fsp3) is 0.200. The van der Waals surface area contributed by atoms with Gasteiger partial charge in [0.1, 0.15) is 24.7 Å². The van der Waals surface area contributed by atoms with Crippen LogP contribution in [0.1, 0.15) is 15.9 Å². The average Bonchev–Trinajstić information content (AvgIpc) is 2.79. The fourth-order valence-corrected chi connectivity index (χ4v) is 2.78. The van der Waals surface area contributed by atoms with Crippen molar-refractivity contribution in [3.8, 4) is 11.5 Å². The Bertz CT molecular complexity index is 984. The van der Waals surface area contributed by atoms with Crippen molar-refractivity contribution in [1.29, 1.82) is 0 Å². The van der Waals surface area contributed by atoms with Crippen LogP contribution in [0.25, 0.3) is 0 Å². The number of ether oxygens (including phenoxy) is 2. The molecule has 0 atom stereocenters. The van der Waals surface area contributed by atoms with Crippen LogP contribution >= 0.6 is 0 Å². The quantitative estimate of drug-likeness (QED) is 0.533. The van der Waals surface area contributed by atoms with Crippen molar-refractivity contribution in [2.24, 2.45) is 0 Å². The van der Waals surface area contributed by atoms with Crippen LogP contribution in [0.5, 0.6) is 11.5 Å². The molecule has 3 aromatic carbocycles. The summed E-state index contributed by atoms with van der Waals surface area (Å²) in [6.07, 6.45) is 0.332. The minimum absolute atomic E-state index is 0.0331. The summed E-state index contributed by atoms with van der Waals surface area (Å²) < 4.78 is 11.2. The van der Waals surface area contributed by atoms with Crippen molar-refractivity contribution in [2.75, 3.05) is 32.6 Å². The summed E-state index contributed by atoms with van der Waals surface area (Å²) in [5.41, 5.74) is 2.10. The van der Waals surface area contributed by atoms with Gasteiger partial charge in [0.25, 0.3) is 5.91 Å². The lowest BCUT2D eigenvalue weighted by molar-refractivity contribution is -0.127. The number of carbonyl (C=O) groups excluding carboxylic acids is 2. The van der Waals surface area contributed by atoms with Gasteiger partial charge in [-0.05, 0) is 54.1 Å². The summed E-state index contributed by atoms with van der Waals surface area (Å²) in [5, 5.41) is 2.86. The zero-order chi connectivity index (χ0) is 22.1. The van der Waals surface area contributed by atoms with Gasteiger partial charge in [-0.1, -0.05) is 30.3 Å². The number of carbonyl (C=O) groups is 2. The van der Waals surface area contributed by atoms with Gasteiger partial charge in [-0.25, -0.2) is 0 Å². The zero-order valence-corrected chi connectivity index (χ0v) is 17.7. The van der Waals surface area contributed by atoms with E-state index in [0.29, 0.717) is 36.6 Å². The second-order valence-corrected chi connectivity index (χ2v) is 7.15. The Kier molecular flexibility index (Phi) is 7.65. The van der Waals surface area contributed by atoms with Crippen LogP contribution in [0.3, 0.4) is 0 Å². The molecule has 0 spiro atoms. The number of benzene rings is 3. The lowest BCUT2D eigenvalue weighted by Crippen LogP contribution is -2.23. The third kappa shape index (κ3) is 6.89. The normalized spacial score (nSPS) is 10.3. The largest absolute Gasteiger partial charge is 0.490 e. The molecule has 160 valence electrons. The van der Waals surface area contributed by atoms with Crippen molar-refractivity contribution in [1.82, 2.24) is 4.90 Å². The summed E-state index contributed by atoms with van der Waals surface area (Å²) in [4.78, 5) is 25.8. The smallest absolute Gasteiger partial charge is 0.255 e. The first kappa shape index (κ1) is 21.9. The van der Waals surface area contributed by atoms with Crippen LogP contribution < -0.4 is 14.8 Å². The SMILES string of the molecule is CN(C)C(=O)Cc1ccc(NC(=O)c2ccc(OCCOc3ccccc3)cc2)cc1. The van der Waals surface area contributed by atoms with Gasteiger partial charge in [0.15, 0.2) is 0 Å². The topological polar surface area (TPSA) is 67.9 Å². The van der Waals surface area contributed by atoms with E-state index in [1.54, 1.807) is 55.4 Å². The Labute approximate surface area is 182 Å². The maximum Gasteiger partial charge on any atom is 0.255 e. The first-order valence-electron chi connectivity index (χ1n) is 10.0. The van der Waals surface area contributed by atoms with E-state index in [-0.39, 0.29) is 11.8 Å². The molecule has 2 amide bonds. The maximum atomic E-state index is 12.5. The minimum atomic E-state index is -0.212. The number of amides is 2. The molecule has 0 unspecified atom stereocenters. The van der Waals surface area contributed by atoms with Crippen LogP contribution in [0.15, 0.2) is 78.9 Å². The number of hydrogen-bond donors (Lipinski definition) is 1. The van der Waals surface area contributed by atoms with Crippen molar-refractivity contribution in [3.05, 3.63) is 90.0 Å². The molecule has 0 fully saturated rings. The molecule has 0 aliphatic heterocycles. The lowest BCUT2D eigenvalue weighted by atomic mass is 10.1. The molecule has 0 aliphatic rings. The first-order chi connectivity index (χ1) is 15.0. The number of nitrogens with zero attached hydrogens (tertiary/aromatic N) is 1. The molecule has 0 heterocycles. The van der Waals surface area contributed by atoms with Gasteiger partial charge in [-0.15, -0.1) is 0 Å². The first-order valence-corrected chi connectivity index (χ1v) is 10.0. The van der Waals surface area contributed by atoms with Crippen LogP contribution in [0.2, 0.25) is 0 Å². The Morgan fingerprint density at radius 2 is 1.35 bits per heavy atom. The van der Waals surface area contributed by atoms with Crippen LogP contribution in [-0.2, 0) is 11.2 Å². The average molecular weight is 418 g/mol. The third-order valence-electron chi connectivity index (χ3n) is 4.55. The second-order valence-electron chi connectivity index (χ2n) is 7.15. The van der Waals surface area contributed by atoms with E-state index in [1.807, 2.05) is 42.5 Å². The monoisotopic (exact) mass is 418 g/mol. The fourth-order valence-electron chi connectivity index (χ4n) is 2.78. The standard InChI is InChI=1S/C25H26N2O4/c1-27(2)24(28)18-19-8-12-21(13-9-19)26-25(29)20-10-14-23(15-11-20)31-17-16-30-22-6-4-3-5-7-22/h3-15H,16-18H2,1-2H3,(H,26,29). The Balaban J connectivity index is 1.45. The van der Waals surface area contributed by atoms with Crippen molar-refractivity contribution in [2.45, 2.75) is 6.42 Å². The van der Waals surface area contributed by atoms with E-state index in [0.717, 1.165) is 11.3 Å². The van der Waals surface area contributed by atoms with Gasteiger partial charge in [0, 0.05) is 25.3 Å². The summed E-state index contributed by atoms with van der Waals surface area (Å²) in [5.74, 6) is 1.29. The van der Waals surface area contributed by atoms with Crippen molar-refractivity contribution in [3.63, 3.8) is 0 Å². The highest BCUT2D eigenvalue weighted by Gasteiger charge is 2.08. The van der Waals surface area contributed by atoms with Crippen molar-refractivity contribution >= 4 is 17.5 Å². The van der Waals surface area contributed by atoms with Crippen LogP contribution in [0, 0.1) is 0 Å². The highest BCUT2D eigenvalue weighted by molar-refractivity contribution is 6.04. The Morgan fingerprint density at radius 1 is 0.774 bits per heavy atom. The van der Waals surface area contributed by atoms with Gasteiger partial charge in [0.05, 0.1) is 6.42 Å². The Morgan fingerprint density at radius 3 is 1.94 bits per heavy atom. The molecular weight excluding hydrogens is 392 g/mol. The predicted molar refractivity (Wildman–Crippen MR) is 121 cm³/mol. The number of likely N-dealkylation sites (N-methyl/N-ethyl adjacent to an activating group) is 1. The highest BCUT2D eigenvalue weighted by Crippen LogP contribution is 2.16. The number of nitrogens with one attached hydrogen (secondary N) is 1. The van der Waals surface area contributed by atoms with Gasteiger partial charge in [0.2, 0.25) is 5.91 Å². The molecule has 3 rings (SSSR count). The highest BCUT2D eigenvalue weighted by atomic mass is 16.5. The summed E-state index contributed by atoms with van der Waals surface area (Å²) in [6.45, 7) is 0.839. The predicted octanol–water partition coefficient (Wildman–Crippen LogP) is 4.03. The van der Waals surface area contributed by atoms with Gasteiger partial charge in [-0.2, -0.15) is 0 Å². The van der Waals surface area contributed by atoms with E-state index in [2.05, 4.69) is 5.32 Å². The minimum Gasteiger partial charge on any atom is -0.490 e. The van der Waals surface area contributed by atoms with Gasteiger partial charge < -0.3 is 19.7 Å². The van der Waals surface area contributed by atoms with Crippen LogP contribution in [-0.4, -0.2) is 44.0 Å². The molecule has 0 saturated carbocycles. The van der Waals surface area contributed by atoms with E-state index in [9.17, 15) is 9.59 Å².